The minimum atomic E-state index is -0.231. The fourth-order valence-electron chi connectivity index (χ4n) is 0.891. The Morgan fingerprint density at radius 2 is 1.54 bits per heavy atom. The first kappa shape index (κ1) is 9.66. The van der Waals surface area contributed by atoms with Gasteiger partial charge in [0.05, 0.1) is 0 Å². The number of nitrogens with one attached hydrogen (secondary N) is 2. The summed E-state index contributed by atoms with van der Waals surface area (Å²) in [6.07, 6.45) is 6.23. The Bertz CT molecular complexity index is 331. The molecule has 0 radical (unpaired) electrons. The molecule has 0 aromatic carbocycles. The van der Waals surface area contributed by atoms with Crippen LogP contribution in [-0.4, -0.2) is 25.7 Å². The van der Waals surface area contributed by atoms with Crippen molar-refractivity contribution in [1.29, 1.82) is 0 Å². The summed E-state index contributed by atoms with van der Waals surface area (Å²) < 4.78 is 0. The summed E-state index contributed by atoms with van der Waals surface area (Å²) in [5.41, 5.74) is 0. The first-order valence-corrected chi connectivity index (χ1v) is 3.41. The number of nitrogens with zero attached hydrogens (tertiary/aromatic N) is 2. The number of imidazole rings is 2. The van der Waals surface area contributed by atoms with Gasteiger partial charge in [-0.2, -0.15) is 0 Å². The van der Waals surface area contributed by atoms with E-state index in [1.165, 1.54) is 12.4 Å². The summed E-state index contributed by atoms with van der Waals surface area (Å²) in [5.74, 6) is 0.361. The number of hydrogen-bond donors (Lipinski definition) is 2. The summed E-state index contributed by atoms with van der Waals surface area (Å²) in [6.45, 7) is 0. The lowest BCUT2D eigenvalue weighted by Crippen LogP contribution is -2.05. The maximum atomic E-state index is 11.4. The van der Waals surface area contributed by atoms with E-state index in [9.17, 15) is 4.79 Å². The monoisotopic (exact) mass is 242 g/mol. The summed E-state index contributed by atoms with van der Waals surface area (Å²) in [6, 6.07) is 0. The van der Waals surface area contributed by atoms with E-state index < -0.39 is 0 Å². The zero-order valence-corrected chi connectivity index (χ0v) is 8.23. The molecular formula is C7H7BrN4O. The van der Waals surface area contributed by atoms with E-state index in [-0.39, 0.29) is 22.8 Å². The SMILES string of the molecule is Br.O=C(c1ncc[nH]1)c1ncc[nH]1. The van der Waals surface area contributed by atoms with Crippen molar-refractivity contribution in [3.63, 3.8) is 0 Å². The van der Waals surface area contributed by atoms with Crippen LogP contribution in [0.15, 0.2) is 24.8 Å². The molecule has 0 aliphatic heterocycles. The van der Waals surface area contributed by atoms with Crippen LogP contribution in [0, 0.1) is 0 Å². The molecule has 0 atom stereocenters. The predicted molar refractivity (Wildman–Crippen MR) is 50.9 cm³/mol. The number of halogens is 1. The molecule has 2 aromatic rings. The van der Waals surface area contributed by atoms with Crippen LogP contribution >= 0.6 is 17.0 Å². The van der Waals surface area contributed by atoms with Crippen molar-refractivity contribution in [2.45, 2.75) is 0 Å². The zero-order chi connectivity index (χ0) is 8.39. The number of H-pyrrole nitrogens is 2. The number of ketones is 1. The molecule has 2 heterocycles. The van der Waals surface area contributed by atoms with Crippen LogP contribution in [0.5, 0.6) is 0 Å². The summed E-state index contributed by atoms with van der Waals surface area (Å²) in [5, 5.41) is 0. The third kappa shape index (κ3) is 1.83. The molecule has 0 aliphatic carbocycles. The molecule has 0 spiro atoms. The first-order chi connectivity index (χ1) is 5.88. The van der Waals surface area contributed by atoms with E-state index >= 15 is 0 Å². The Hall–Kier alpha value is -1.43. The molecule has 0 aliphatic rings. The molecular weight excluding hydrogens is 236 g/mol. The van der Waals surface area contributed by atoms with Gasteiger partial charge in [-0.3, -0.25) is 4.79 Å². The molecule has 0 unspecified atom stereocenters. The Morgan fingerprint density at radius 1 is 1.08 bits per heavy atom. The lowest BCUT2D eigenvalue weighted by Gasteiger charge is -1.89. The molecule has 0 fully saturated rings. The standard InChI is InChI=1S/C7H6N4O.BrH/c12-5(6-8-1-2-9-6)7-10-3-4-11-7;/h1-4H,(H,8,9)(H,10,11);1H. The van der Waals surface area contributed by atoms with Gasteiger partial charge >= 0.3 is 0 Å². The second kappa shape index (κ2) is 3.99. The van der Waals surface area contributed by atoms with Crippen LogP contribution in [-0.2, 0) is 0 Å². The van der Waals surface area contributed by atoms with Crippen molar-refractivity contribution in [2.75, 3.05) is 0 Å². The van der Waals surface area contributed by atoms with Gasteiger partial charge in [0.25, 0.3) is 5.78 Å². The van der Waals surface area contributed by atoms with E-state index in [1.54, 1.807) is 12.4 Å². The van der Waals surface area contributed by atoms with Gasteiger partial charge in [0.15, 0.2) is 11.6 Å². The van der Waals surface area contributed by atoms with Gasteiger partial charge in [0.1, 0.15) is 0 Å². The molecule has 0 saturated heterocycles. The lowest BCUT2D eigenvalue weighted by atomic mass is 10.3. The van der Waals surface area contributed by atoms with Gasteiger partial charge < -0.3 is 9.97 Å². The normalized spacial score (nSPS) is 9.23. The van der Waals surface area contributed by atoms with Gasteiger partial charge in [-0.25, -0.2) is 9.97 Å². The van der Waals surface area contributed by atoms with Gasteiger partial charge in [-0.05, 0) is 0 Å². The number of aromatic amines is 2. The van der Waals surface area contributed by atoms with E-state index in [4.69, 9.17) is 0 Å². The molecule has 2 aromatic heterocycles. The van der Waals surface area contributed by atoms with E-state index in [0.717, 1.165) is 0 Å². The first-order valence-electron chi connectivity index (χ1n) is 3.41. The molecule has 2 rings (SSSR count). The number of aromatic nitrogens is 4. The highest BCUT2D eigenvalue weighted by atomic mass is 79.9. The van der Waals surface area contributed by atoms with Crippen LogP contribution in [0.4, 0.5) is 0 Å². The third-order valence-electron chi connectivity index (χ3n) is 1.43. The zero-order valence-electron chi connectivity index (χ0n) is 6.52. The fraction of sp³-hybridized carbons (Fsp3) is 0. The van der Waals surface area contributed by atoms with Gasteiger partial charge in [0.2, 0.25) is 0 Å². The third-order valence-corrected chi connectivity index (χ3v) is 1.43. The van der Waals surface area contributed by atoms with E-state index in [2.05, 4.69) is 19.9 Å². The fourth-order valence-corrected chi connectivity index (χ4v) is 0.891. The smallest absolute Gasteiger partial charge is 0.263 e. The van der Waals surface area contributed by atoms with Gasteiger partial charge in [-0.1, -0.05) is 0 Å². The highest BCUT2D eigenvalue weighted by Crippen LogP contribution is 1.98. The Morgan fingerprint density at radius 3 is 1.85 bits per heavy atom. The molecule has 2 N–H and O–H groups in total. The molecule has 68 valence electrons. The quantitative estimate of drug-likeness (QED) is 0.771. The average molecular weight is 243 g/mol. The van der Waals surface area contributed by atoms with E-state index in [0.29, 0.717) is 11.6 Å². The van der Waals surface area contributed by atoms with Crippen molar-refractivity contribution >= 4 is 22.8 Å². The summed E-state index contributed by atoms with van der Waals surface area (Å²) in [7, 11) is 0. The molecule has 5 nitrogen and oxygen atoms in total. The van der Waals surface area contributed by atoms with Crippen LogP contribution < -0.4 is 0 Å². The average Bonchev–Trinajstić information content (AvgIpc) is 2.77. The highest BCUT2D eigenvalue weighted by molar-refractivity contribution is 8.93. The summed E-state index contributed by atoms with van der Waals surface area (Å²) >= 11 is 0. The number of rotatable bonds is 2. The minimum absolute atomic E-state index is 0. The topological polar surface area (TPSA) is 74.4 Å². The number of carbonyl (C=O) groups is 1. The number of carbonyl (C=O) groups excluding carboxylic acids is 1. The second-order valence-electron chi connectivity index (χ2n) is 2.20. The maximum Gasteiger partial charge on any atom is 0.263 e. The molecule has 6 heteroatoms. The largest absolute Gasteiger partial charge is 0.342 e. The van der Waals surface area contributed by atoms with Gasteiger partial charge in [0, 0.05) is 24.8 Å². The second-order valence-corrected chi connectivity index (χ2v) is 2.20. The number of hydrogen-bond acceptors (Lipinski definition) is 3. The van der Waals surface area contributed by atoms with Crippen molar-refractivity contribution in [1.82, 2.24) is 19.9 Å². The van der Waals surface area contributed by atoms with Crippen molar-refractivity contribution in [3.05, 3.63) is 36.4 Å². The Labute approximate surface area is 84.4 Å². The van der Waals surface area contributed by atoms with Gasteiger partial charge in [-0.15, -0.1) is 17.0 Å². The molecule has 0 saturated carbocycles. The van der Waals surface area contributed by atoms with Crippen LogP contribution in [0.1, 0.15) is 16.4 Å². The highest BCUT2D eigenvalue weighted by Gasteiger charge is 2.12. The Kier molecular flexibility index (Phi) is 2.97. The molecule has 0 bridgehead atoms. The Balaban J connectivity index is 0.000000845. The summed E-state index contributed by atoms with van der Waals surface area (Å²) in [4.78, 5) is 24.4. The van der Waals surface area contributed by atoms with Crippen LogP contribution in [0.25, 0.3) is 0 Å². The minimum Gasteiger partial charge on any atom is -0.342 e. The maximum absolute atomic E-state index is 11.4. The van der Waals surface area contributed by atoms with Crippen molar-refractivity contribution in [3.8, 4) is 0 Å². The predicted octanol–water partition coefficient (Wildman–Crippen LogP) is 0.942. The molecule has 13 heavy (non-hydrogen) atoms. The molecule has 0 amide bonds. The lowest BCUT2D eigenvalue weighted by molar-refractivity contribution is 0.102. The van der Waals surface area contributed by atoms with Crippen LogP contribution in [0.3, 0.4) is 0 Å². The van der Waals surface area contributed by atoms with Crippen molar-refractivity contribution < 1.29 is 4.79 Å². The van der Waals surface area contributed by atoms with E-state index in [1.807, 2.05) is 0 Å². The van der Waals surface area contributed by atoms with Crippen molar-refractivity contribution in [2.24, 2.45) is 0 Å². The van der Waals surface area contributed by atoms with Crippen LogP contribution in [0.2, 0.25) is 0 Å².